The standard InChI is InChI=1S/C15H16Cl2N2O3/c16-12-3-1-10-11(14(12)17)2-4-13(10)19-15(20)18-7-9-8-21-5-6-22-9/h1,3,8,13H,2,4-7H2,(H2,18,19,20)/t13-/m1/s1. The molecule has 1 aliphatic carbocycles. The van der Waals surface area contributed by atoms with Gasteiger partial charge in [0.15, 0.2) is 0 Å². The molecule has 1 aliphatic heterocycles. The molecule has 0 unspecified atom stereocenters. The first kappa shape index (κ1) is 15.3. The number of urea groups is 1. The van der Waals surface area contributed by atoms with Crippen molar-refractivity contribution in [1.29, 1.82) is 0 Å². The van der Waals surface area contributed by atoms with Crippen LogP contribution in [-0.2, 0) is 15.9 Å². The number of hydrogen-bond acceptors (Lipinski definition) is 3. The number of halogens is 2. The topological polar surface area (TPSA) is 59.6 Å². The summed E-state index contributed by atoms with van der Waals surface area (Å²) in [6, 6.07) is 3.38. The zero-order valence-electron chi connectivity index (χ0n) is 11.8. The zero-order valence-corrected chi connectivity index (χ0v) is 13.3. The van der Waals surface area contributed by atoms with Gasteiger partial charge in [-0.3, -0.25) is 0 Å². The third-order valence-electron chi connectivity index (χ3n) is 3.72. The molecule has 22 heavy (non-hydrogen) atoms. The van der Waals surface area contributed by atoms with E-state index in [1.165, 1.54) is 6.26 Å². The van der Waals surface area contributed by atoms with Crippen LogP contribution in [0, 0.1) is 0 Å². The van der Waals surface area contributed by atoms with Crippen LogP contribution in [0.3, 0.4) is 0 Å². The Morgan fingerprint density at radius 1 is 1.32 bits per heavy atom. The van der Waals surface area contributed by atoms with Crippen LogP contribution in [0.15, 0.2) is 24.2 Å². The van der Waals surface area contributed by atoms with E-state index in [0.717, 1.165) is 24.0 Å². The molecule has 0 saturated heterocycles. The predicted molar refractivity (Wildman–Crippen MR) is 84.0 cm³/mol. The summed E-state index contributed by atoms with van der Waals surface area (Å²) in [5.41, 5.74) is 2.05. The largest absolute Gasteiger partial charge is 0.494 e. The van der Waals surface area contributed by atoms with E-state index in [1.54, 1.807) is 6.07 Å². The van der Waals surface area contributed by atoms with Crippen LogP contribution in [0.2, 0.25) is 10.0 Å². The van der Waals surface area contributed by atoms with E-state index in [2.05, 4.69) is 10.6 Å². The van der Waals surface area contributed by atoms with Crippen molar-refractivity contribution in [2.24, 2.45) is 0 Å². The van der Waals surface area contributed by atoms with Crippen LogP contribution in [0.1, 0.15) is 23.6 Å². The highest BCUT2D eigenvalue weighted by Gasteiger charge is 2.26. The van der Waals surface area contributed by atoms with E-state index < -0.39 is 0 Å². The van der Waals surface area contributed by atoms with E-state index in [1.807, 2.05) is 6.07 Å². The Labute approximate surface area is 138 Å². The minimum atomic E-state index is -0.251. The fourth-order valence-corrected chi connectivity index (χ4v) is 3.10. The SMILES string of the molecule is O=C(NCC1=COCCO1)N[C@@H]1CCc2c1ccc(Cl)c2Cl. The van der Waals surface area contributed by atoms with Gasteiger partial charge in [0.2, 0.25) is 0 Å². The van der Waals surface area contributed by atoms with Gasteiger partial charge >= 0.3 is 6.03 Å². The van der Waals surface area contributed by atoms with E-state index in [9.17, 15) is 4.79 Å². The molecule has 2 N–H and O–H groups in total. The highest BCUT2D eigenvalue weighted by Crippen LogP contribution is 2.38. The molecule has 1 aromatic rings. The summed E-state index contributed by atoms with van der Waals surface area (Å²) in [6.45, 7) is 1.34. The molecule has 5 nitrogen and oxygen atoms in total. The Bertz CT molecular complexity index is 619. The summed E-state index contributed by atoms with van der Waals surface area (Å²) in [5.74, 6) is 0.614. The molecule has 2 amide bonds. The van der Waals surface area contributed by atoms with Crippen LogP contribution in [0.5, 0.6) is 0 Å². The maximum atomic E-state index is 12.0. The van der Waals surface area contributed by atoms with E-state index in [-0.39, 0.29) is 12.1 Å². The van der Waals surface area contributed by atoms with Gasteiger partial charge in [-0.2, -0.15) is 0 Å². The molecule has 1 heterocycles. The monoisotopic (exact) mass is 342 g/mol. The van der Waals surface area contributed by atoms with E-state index in [0.29, 0.717) is 35.6 Å². The molecule has 1 aromatic carbocycles. The molecule has 0 bridgehead atoms. The van der Waals surface area contributed by atoms with Crippen molar-refractivity contribution in [3.05, 3.63) is 45.3 Å². The number of nitrogens with one attached hydrogen (secondary N) is 2. The molecule has 7 heteroatoms. The lowest BCUT2D eigenvalue weighted by Crippen LogP contribution is -2.38. The summed E-state index contributed by atoms with van der Waals surface area (Å²) in [7, 11) is 0. The molecule has 0 spiro atoms. The molecular formula is C15H16Cl2N2O3. The molecule has 2 aliphatic rings. The molecule has 3 rings (SSSR count). The Kier molecular flexibility index (Phi) is 4.64. The fraction of sp³-hybridized carbons (Fsp3) is 0.400. The van der Waals surface area contributed by atoms with Crippen LogP contribution in [-0.4, -0.2) is 25.8 Å². The molecule has 0 fully saturated rings. The van der Waals surface area contributed by atoms with Gasteiger partial charge in [0.1, 0.15) is 25.2 Å². The van der Waals surface area contributed by atoms with Gasteiger partial charge in [0.25, 0.3) is 0 Å². The third kappa shape index (κ3) is 3.25. The lowest BCUT2D eigenvalue weighted by Gasteiger charge is -2.18. The van der Waals surface area contributed by atoms with Crippen LogP contribution < -0.4 is 10.6 Å². The maximum Gasteiger partial charge on any atom is 0.315 e. The van der Waals surface area contributed by atoms with Gasteiger partial charge in [-0.1, -0.05) is 29.3 Å². The quantitative estimate of drug-likeness (QED) is 0.886. The minimum absolute atomic E-state index is 0.0535. The van der Waals surface area contributed by atoms with E-state index >= 15 is 0 Å². The number of benzene rings is 1. The van der Waals surface area contributed by atoms with Gasteiger partial charge in [-0.25, -0.2) is 4.79 Å². The van der Waals surface area contributed by atoms with Crippen molar-refractivity contribution in [2.75, 3.05) is 19.8 Å². The minimum Gasteiger partial charge on any atom is -0.494 e. The third-order valence-corrected chi connectivity index (χ3v) is 4.57. The Morgan fingerprint density at radius 3 is 2.95 bits per heavy atom. The van der Waals surface area contributed by atoms with Crippen molar-refractivity contribution in [1.82, 2.24) is 10.6 Å². The average molecular weight is 343 g/mol. The second-order valence-corrected chi connectivity index (χ2v) is 5.94. The summed E-state index contributed by atoms with van der Waals surface area (Å²) in [4.78, 5) is 12.0. The number of fused-ring (bicyclic) bond motifs is 1. The molecular weight excluding hydrogens is 327 g/mol. The van der Waals surface area contributed by atoms with Gasteiger partial charge < -0.3 is 20.1 Å². The Morgan fingerprint density at radius 2 is 2.18 bits per heavy atom. The average Bonchev–Trinajstić information content (AvgIpc) is 2.93. The van der Waals surface area contributed by atoms with Gasteiger partial charge in [0, 0.05) is 0 Å². The first-order chi connectivity index (χ1) is 10.6. The lowest BCUT2D eigenvalue weighted by molar-refractivity contribution is 0.0816. The summed E-state index contributed by atoms with van der Waals surface area (Å²) in [5, 5.41) is 6.83. The highest BCUT2D eigenvalue weighted by molar-refractivity contribution is 6.42. The number of carbonyl (C=O) groups is 1. The zero-order chi connectivity index (χ0) is 15.5. The summed E-state index contributed by atoms with van der Waals surface area (Å²) in [6.07, 6.45) is 3.14. The Balaban J connectivity index is 1.57. The number of hydrogen-bond donors (Lipinski definition) is 2. The summed E-state index contributed by atoms with van der Waals surface area (Å²) < 4.78 is 10.5. The number of rotatable bonds is 3. The van der Waals surface area contributed by atoms with Crippen LogP contribution in [0.4, 0.5) is 4.79 Å². The van der Waals surface area contributed by atoms with E-state index in [4.69, 9.17) is 32.7 Å². The second kappa shape index (κ2) is 6.67. The molecule has 1 atom stereocenters. The molecule has 0 aromatic heterocycles. The van der Waals surface area contributed by atoms with Gasteiger partial charge in [-0.15, -0.1) is 0 Å². The highest BCUT2D eigenvalue weighted by atomic mass is 35.5. The fourth-order valence-electron chi connectivity index (χ4n) is 2.66. The van der Waals surface area contributed by atoms with Gasteiger partial charge in [0.05, 0.1) is 22.6 Å². The van der Waals surface area contributed by atoms with Crippen molar-refractivity contribution < 1.29 is 14.3 Å². The van der Waals surface area contributed by atoms with Crippen molar-refractivity contribution in [2.45, 2.75) is 18.9 Å². The molecule has 0 radical (unpaired) electrons. The number of carbonyl (C=O) groups excluding carboxylic acids is 1. The molecule has 118 valence electrons. The van der Waals surface area contributed by atoms with Gasteiger partial charge in [-0.05, 0) is 30.0 Å². The normalized spacial score (nSPS) is 19.5. The van der Waals surface area contributed by atoms with Crippen LogP contribution >= 0.6 is 23.2 Å². The maximum absolute atomic E-state index is 12.0. The first-order valence-electron chi connectivity index (χ1n) is 7.09. The van der Waals surface area contributed by atoms with Crippen molar-refractivity contribution in [3.8, 4) is 0 Å². The lowest BCUT2D eigenvalue weighted by atomic mass is 10.1. The molecule has 0 saturated carbocycles. The number of ether oxygens (including phenoxy) is 2. The van der Waals surface area contributed by atoms with Crippen LogP contribution in [0.25, 0.3) is 0 Å². The second-order valence-electron chi connectivity index (χ2n) is 5.15. The smallest absolute Gasteiger partial charge is 0.315 e. The Hall–Kier alpha value is -1.59. The van der Waals surface area contributed by atoms with Crippen molar-refractivity contribution >= 4 is 29.2 Å². The van der Waals surface area contributed by atoms with Crippen molar-refractivity contribution in [3.63, 3.8) is 0 Å². The number of amides is 2. The predicted octanol–water partition coefficient (Wildman–Crippen LogP) is 3.17. The first-order valence-corrected chi connectivity index (χ1v) is 7.85. The summed E-state index contributed by atoms with van der Waals surface area (Å²) >= 11 is 12.2.